The minimum Gasteiger partial charge on any atom is -0.360 e. The summed E-state index contributed by atoms with van der Waals surface area (Å²) in [6, 6.07) is 26.5. The Balaban J connectivity index is 1.56. The lowest BCUT2D eigenvalue weighted by atomic mass is 10.2. The maximum absolute atomic E-state index is 12.2. The van der Waals surface area contributed by atoms with Gasteiger partial charge in [0, 0.05) is 34.8 Å². The van der Waals surface area contributed by atoms with E-state index in [0.717, 1.165) is 22.6 Å². The molecule has 0 unspecified atom stereocenters. The number of nitrogens with zero attached hydrogens (tertiary/aromatic N) is 1. The molecule has 144 valence electrons. The summed E-state index contributed by atoms with van der Waals surface area (Å²) >= 11 is 5.85. The fourth-order valence-electron chi connectivity index (χ4n) is 2.52. The number of carbonyl (C=O) groups excluding carboxylic acids is 1. The third-order valence-corrected chi connectivity index (χ3v) is 4.31. The molecule has 0 fully saturated rings. The standard InChI is InChI=1S/C23H19ClN4O/c24-19-8-6-17(7-9-19)15-27-23(29)18(14-25)16-26-20-10-12-22(13-11-20)28-21-4-2-1-3-5-21/h1-13,16,26,28H,15H2,(H,27,29)/b18-16-. The first kappa shape index (κ1) is 20.0. The minimum atomic E-state index is -0.447. The van der Waals surface area contributed by atoms with Gasteiger partial charge < -0.3 is 16.0 Å². The summed E-state index contributed by atoms with van der Waals surface area (Å²) in [5.74, 6) is -0.447. The van der Waals surface area contributed by atoms with Crippen LogP contribution >= 0.6 is 11.6 Å². The van der Waals surface area contributed by atoms with Crippen molar-refractivity contribution >= 4 is 34.6 Å². The number of carbonyl (C=O) groups is 1. The molecule has 6 heteroatoms. The summed E-state index contributed by atoms with van der Waals surface area (Å²) in [6.07, 6.45) is 1.40. The molecule has 0 heterocycles. The summed E-state index contributed by atoms with van der Waals surface area (Å²) in [7, 11) is 0. The zero-order valence-electron chi connectivity index (χ0n) is 15.5. The van der Waals surface area contributed by atoms with E-state index < -0.39 is 5.91 Å². The predicted octanol–water partition coefficient (Wildman–Crippen LogP) is 5.22. The highest BCUT2D eigenvalue weighted by Gasteiger charge is 2.08. The van der Waals surface area contributed by atoms with E-state index >= 15 is 0 Å². The van der Waals surface area contributed by atoms with Crippen molar-refractivity contribution in [1.82, 2.24) is 5.32 Å². The van der Waals surface area contributed by atoms with Gasteiger partial charge >= 0.3 is 0 Å². The molecule has 3 aromatic carbocycles. The third-order valence-electron chi connectivity index (χ3n) is 4.06. The van der Waals surface area contributed by atoms with Gasteiger partial charge in [0.1, 0.15) is 11.6 Å². The second-order valence-electron chi connectivity index (χ2n) is 6.19. The Bertz CT molecular complexity index is 1020. The zero-order chi connectivity index (χ0) is 20.5. The van der Waals surface area contributed by atoms with Gasteiger partial charge in [-0.15, -0.1) is 0 Å². The largest absolute Gasteiger partial charge is 0.360 e. The Morgan fingerprint density at radius 1 is 0.897 bits per heavy atom. The second-order valence-corrected chi connectivity index (χ2v) is 6.63. The number of hydrogen-bond donors (Lipinski definition) is 3. The molecule has 0 spiro atoms. The monoisotopic (exact) mass is 402 g/mol. The lowest BCUT2D eigenvalue weighted by Gasteiger charge is -2.08. The Morgan fingerprint density at radius 2 is 1.52 bits per heavy atom. The van der Waals surface area contributed by atoms with E-state index in [1.54, 1.807) is 12.1 Å². The van der Waals surface area contributed by atoms with E-state index in [-0.39, 0.29) is 5.57 Å². The van der Waals surface area contributed by atoms with Crippen LogP contribution in [0.25, 0.3) is 0 Å². The van der Waals surface area contributed by atoms with Crippen LogP contribution in [-0.4, -0.2) is 5.91 Å². The van der Waals surface area contributed by atoms with Gasteiger partial charge in [-0.25, -0.2) is 0 Å². The number of amides is 1. The van der Waals surface area contributed by atoms with Crippen LogP contribution < -0.4 is 16.0 Å². The molecule has 3 rings (SSSR count). The van der Waals surface area contributed by atoms with Crippen LogP contribution in [0.5, 0.6) is 0 Å². The highest BCUT2D eigenvalue weighted by Crippen LogP contribution is 2.18. The molecule has 0 atom stereocenters. The van der Waals surface area contributed by atoms with Gasteiger partial charge in [0.05, 0.1) is 0 Å². The second kappa shape index (κ2) is 9.98. The van der Waals surface area contributed by atoms with Gasteiger partial charge in [-0.1, -0.05) is 41.9 Å². The molecule has 0 radical (unpaired) electrons. The Labute approximate surface area is 174 Å². The normalized spacial score (nSPS) is 10.7. The fraction of sp³-hybridized carbons (Fsp3) is 0.0435. The maximum Gasteiger partial charge on any atom is 0.263 e. The first-order valence-electron chi connectivity index (χ1n) is 8.95. The van der Waals surface area contributed by atoms with Crippen LogP contribution in [0.1, 0.15) is 5.56 Å². The van der Waals surface area contributed by atoms with Gasteiger partial charge in [0.2, 0.25) is 0 Å². The van der Waals surface area contributed by atoms with Gasteiger partial charge in [-0.05, 0) is 54.1 Å². The van der Waals surface area contributed by atoms with E-state index in [1.807, 2.05) is 72.8 Å². The van der Waals surface area contributed by atoms with Crippen molar-refractivity contribution in [2.45, 2.75) is 6.54 Å². The quantitative estimate of drug-likeness (QED) is 0.374. The molecule has 29 heavy (non-hydrogen) atoms. The smallest absolute Gasteiger partial charge is 0.263 e. The SMILES string of the molecule is N#C/C(=C/Nc1ccc(Nc2ccccc2)cc1)C(=O)NCc1ccc(Cl)cc1. The average Bonchev–Trinajstić information content (AvgIpc) is 2.75. The Kier molecular flexibility index (Phi) is 6.88. The lowest BCUT2D eigenvalue weighted by Crippen LogP contribution is -2.24. The first-order chi connectivity index (χ1) is 14.1. The van der Waals surface area contributed by atoms with E-state index in [4.69, 9.17) is 11.6 Å². The predicted molar refractivity (Wildman–Crippen MR) is 117 cm³/mol. The molecule has 0 aliphatic heterocycles. The number of hydrogen-bond acceptors (Lipinski definition) is 4. The van der Waals surface area contributed by atoms with Crippen molar-refractivity contribution in [3.8, 4) is 6.07 Å². The van der Waals surface area contributed by atoms with Crippen molar-refractivity contribution in [2.24, 2.45) is 0 Å². The first-order valence-corrected chi connectivity index (χ1v) is 9.33. The average molecular weight is 403 g/mol. The minimum absolute atomic E-state index is 0.00884. The van der Waals surface area contributed by atoms with E-state index in [9.17, 15) is 10.1 Å². The van der Waals surface area contributed by atoms with Crippen molar-refractivity contribution in [3.05, 3.63) is 101 Å². The molecule has 0 bridgehead atoms. The van der Waals surface area contributed by atoms with Crippen LogP contribution in [0.4, 0.5) is 17.1 Å². The number of benzene rings is 3. The molecule has 3 N–H and O–H groups in total. The van der Waals surface area contributed by atoms with Crippen molar-refractivity contribution in [3.63, 3.8) is 0 Å². The Morgan fingerprint density at radius 3 is 2.17 bits per heavy atom. The molecular formula is C23H19ClN4O. The molecule has 0 aliphatic carbocycles. The highest BCUT2D eigenvalue weighted by molar-refractivity contribution is 6.30. The topological polar surface area (TPSA) is 77.0 Å². The van der Waals surface area contributed by atoms with Crippen LogP contribution in [0.15, 0.2) is 90.6 Å². The number of halogens is 1. The van der Waals surface area contributed by atoms with Crippen LogP contribution in [-0.2, 0) is 11.3 Å². The number of rotatable bonds is 7. The van der Waals surface area contributed by atoms with E-state index in [1.165, 1.54) is 6.20 Å². The van der Waals surface area contributed by atoms with Gasteiger partial charge in [-0.3, -0.25) is 4.79 Å². The summed E-state index contributed by atoms with van der Waals surface area (Å²) in [5, 5.41) is 18.9. The molecule has 0 aliphatic rings. The van der Waals surface area contributed by atoms with Gasteiger partial charge in [-0.2, -0.15) is 5.26 Å². The number of para-hydroxylation sites is 1. The maximum atomic E-state index is 12.2. The lowest BCUT2D eigenvalue weighted by molar-refractivity contribution is -0.117. The molecule has 3 aromatic rings. The molecule has 0 saturated heterocycles. The summed E-state index contributed by atoms with van der Waals surface area (Å²) in [6.45, 7) is 0.314. The summed E-state index contributed by atoms with van der Waals surface area (Å²) in [5.41, 5.74) is 3.59. The van der Waals surface area contributed by atoms with E-state index in [2.05, 4.69) is 16.0 Å². The number of nitrogens with one attached hydrogen (secondary N) is 3. The van der Waals surface area contributed by atoms with E-state index in [0.29, 0.717) is 11.6 Å². The van der Waals surface area contributed by atoms with Gasteiger partial charge in [0.15, 0.2) is 0 Å². The number of anilines is 3. The zero-order valence-corrected chi connectivity index (χ0v) is 16.3. The molecule has 1 amide bonds. The van der Waals surface area contributed by atoms with Crippen LogP contribution in [0.2, 0.25) is 5.02 Å². The third kappa shape index (κ3) is 6.13. The van der Waals surface area contributed by atoms with Crippen LogP contribution in [0.3, 0.4) is 0 Å². The summed E-state index contributed by atoms with van der Waals surface area (Å²) in [4.78, 5) is 12.2. The molecular weight excluding hydrogens is 384 g/mol. The van der Waals surface area contributed by atoms with Crippen molar-refractivity contribution in [2.75, 3.05) is 10.6 Å². The fourth-order valence-corrected chi connectivity index (χ4v) is 2.65. The molecule has 0 saturated carbocycles. The van der Waals surface area contributed by atoms with Gasteiger partial charge in [0.25, 0.3) is 5.91 Å². The highest BCUT2D eigenvalue weighted by atomic mass is 35.5. The Hall–Kier alpha value is -3.75. The molecule has 0 aromatic heterocycles. The van der Waals surface area contributed by atoms with Crippen molar-refractivity contribution in [1.29, 1.82) is 5.26 Å². The summed E-state index contributed by atoms with van der Waals surface area (Å²) < 4.78 is 0. The molecule has 5 nitrogen and oxygen atoms in total. The van der Waals surface area contributed by atoms with Crippen LogP contribution in [0, 0.1) is 11.3 Å². The van der Waals surface area contributed by atoms with Crippen molar-refractivity contribution < 1.29 is 4.79 Å². The number of nitriles is 1.